The van der Waals surface area contributed by atoms with Crippen LogP contribution in [-0.4, -0.2) is 59.0 Å². The molecule has 2 heterocycles. The van der Waals surface area contributed by atoms with E-state index in [1.54, 1.807) is 13.0 Å². The maximum atomic E-state index is 12.8. The molecule has 0 spiro atoms. The van der Waals surface area contributed by atoms with E-state index in [9.17, 15) is 19.5 Å². The number of nitrogens with one attached hydrogen (secondary N) is 1. The number of para-hydroxylation sites is 1. The van der Waals surface area contributed by atoms with Crippen LogP contribution < -0.4 is 5.32 Å². The molecule has 1 unspecified atom stereocenters. The molecule has 0 saturated carbocycles. The Kier molecular flexibility index (Phi) is 4.89. The summed E-state index contributed by atoms with van der Waals surface area (Å²) in [5, 5.41) is 12.2. The second-order valence-electron chi connectivity index (χ2n) is 7.46. The summed E-state index contributed by atoms with van der Waals surface area (Å²) in [6.45, 7) is 5.53. The molecule has 1 aromatic carbocycles. The second kappa shape index (κ2) is 6.97. The highest BCUT2D eigenvalue weighted by molar-refractivity contribution is 6.04. The van der Waals surface area contributed by atoms with Crippen molar-refractivity contribution in [3.8, 4) is 0 Å². The predicted octanol–water partition coefficient (Wildman–Crippen LogP) is 2.56. The molecule has 0 aliphatic carbocycles. The largest absolute Gasteiger partial charge is 0.481 e. The van der Waals surface area contributed by atoms with Gasteiger partial charge in [-0.2, -0.15) is 0 Å². The fraction of sp³-hybridized carbons (Fsp3) is 0.526. The Hall–Kier alpha value is -2.57. The number of carboxylic acids is 1. The first-order valence-corrected chi connectivity index (χ1v) is 9.00. The van der Waals surface area contributed by atoms with E-state index in [-0.39, 0.29) is 18.5 Å². The molecule has 7 nitrogen and oxygen atoms in total. The number of hydrogen-bond acceptors (Lipinski definition) is 3. The highest BCUT2D eigenvalue weighted by atomic mass is 16.4. The average molecular weight is 359 g/mol. The number of carbonyl (C=O) groups is 3. The summed E-state index contributed by atoms with van der Waals surface area (Å²) in [7, 11) is 0. The highest BCUT2D eigenvalue weighted by Crippen LogP contribution is 2.31. The molecule has 2 fully saturated rings. The fourth-order valence-electron chi connectivity index (χ4n) is 3.60. The van der Waals surface area contributed by atoms with E-state index in [0.717, 1.165) is 31.5 Å². The second-order valence-corrected chi connectivity index (χ2v) is 7.46. The van der Waals surface area contributed by atoms with E-state index in [0.29, 0.717) is 24.2 Å². The number of aliphatic carboxylic acids is 1. The van der Waals surface area contributed by atoms with Gasteiger partial charge in [-0.1, -0.05) is 12.1 Å². The van der Waals surface area contributed by atoms with Gasteiger partial charge in [0.15, 0.2) is 0 Å². The van der Waals surface area contributed by atoms with E-state index in [4.69, 9.17) is 0 Å². The Balaban J connectivity index is 1.78. The summed E-state index contributed by atoms with van der Waals surface area (Å²) < 4.78 is 0. The summed E-state index contributed by atoms with van der Waals surface area (Å²) >= 11 is 0. The van der Waals surface area contributed by atoms with Crippen LogP contribution in [0.4, 0.5) is 10.5 Å². The number of hydrogen-bond donors (Lipinski definition) is 2. The minimum atomic E-state index is -0.919. The third-order valence-electron chi connectivity index (χ3n) is 5.41. The summed E-state index contributed by atoms with van der Waals surface area (Å²) in [5.74, 6) is -0.966. The quantitative estimate of drug-likeness (QED) is 0.868. The van der Waals surface area contributed by atoms with Gasteiger partial charge in [0.05, 0.1) is 16.7 Å². The van der Waals surface area contributed by atoms with E-state index in [2.05, 4.69) is 5.32 Å². The first-order valence-electron chi connectivity index (χ1n) is 9.00. The third-order valence-corrected chi connectivity index (χ3v) is 5.41. The van der Waals surface area contributed by atoms with Crippen molar-refractivity contribution in [1.82, 2.24) is 9.80 Å². The normalized spacial score (nSPS) is 22.5. The van der Waals surface area contributed by atoms with Crippen LogP contribution in [-0.2, 0) is 4.79 Å². The Morgan fingerprint density at radius 2 is 1.81 bits per heavy atom. The maximum Gasteiger partial charge on any atom is 0.321 e. The van der Waals surface area contributed by atoms with Gasteiger partial charge in [-0.05, 0) is 44.7 Å². The molecule has 0 aromatic heterocycles. The summed E-state index contributed by atoms with van der Waals surface area (Å²) in [5.41, 5.74) is 0.888. The molecular weight excluding hydrogens is 334 g/mol. The molecule has 3 rings (SSSR count). The van der Waals surface area contributed by atoms with Gasteiger partial charge in [0.1, 0.15) is 0 Å². The number of benzene rings is 1. The summed E-state index contributed by atoms with van der Waals surface area (Å²) in [6, 6.07) is 5.03. The van der Waals surface area contributed by atoms with Crippen molar-refractivity contribution in [3.05, 3.63) is 29.3 Å². The molecule has 7 heteroatoms. The van der Waals surface area contributed by atoms with Gasteiger partial charge in [0, 0.05) is 26.2 Å². The molecule has 3 amide bonds. The van der Waals surface area contributed by atoms with Crippen LogP contribution in [0.15, 0.2) is 18.2 Å². The van der Waals surface area contributed by atoms with Crippen molar-refractivity contribution in [3.63, 3.8) is 0 Å². The van der Waals surface area contributed by atoms with E-state index in [1.807, 2.05) is 24.0 Å². The van der Waals surface area contributed by atoms with Crippen molar-refractivity contribution in [2.75, 3.05) is 31.5 Å². The smallest absolute Gasteiger partial charge is 0.321 e. The number of rotatable bonds is 3. The van der Waals surface area contributed by atoms with Gasteiger partial charge < -0.3 is 20.2 Å². The Morgan fingerprint density at radius 3 is 2.42 bits per heavy atom. The number of anilines is 1. The summed E-state index contributed by atoms with van der Waals surface area (Å²) in [4.78, 5) is 40.2. The van der Waals surface area contributed by atoms with Crippen molar-refractivity contribution < 1.29 is 19.5 Å². The molecule has 0 radical (unpaired) electrons. The standard InChI is InChI=1S/C19H25N3O4/c1-13-6-5-7-14(16(23)21-9-3-4-10-21)15(13)20-18(26)22-11-8-19(2,12-22)17(24)25/h5-7H,3-4,8-12H2,1-2H3,(H,20,26)(H,24,25). The zero-order chi connectivity index (χ0) is 18.9. The maximum absolute atomic E-state index is 12.8. The highest BCUT2D eigenvalue weighted by Gasteiger charge is 2.42. The molecule has 26 heavy (non-hydrogen) atoms. The van der Waals surface area contributed by atoms with Gasteiger partial charge in [-0.3, -0.25) is 9.59 Å². The summed E-state index contributed by atoms with van der Waals surface area (Å²) in [6.07, 6.45) is 2.42. The van der Waals surface area contributed by atoms with Crippen molar-refractivity contribution in [2.45, 2.75) is 33.1 Å². The number of amides is 3. The predicted molar refractivity (Wildman–Crippen MR) is 97.3 cm³/mol. The minimum Gasteiger partial charge on any atom is -0.481 e. The molecule has 2 N–H and O–H groups in total. The van der Waals surface area contributed by atoms with Crippen molar-refractivity contribution in [2.24, 2.45) is 5.41 Å². The van der Waals surface area contributed by atoms with Crippen LogP contribution in [0.2, 0.25) is 0 Å². The van der Waals surface area contributed by atoms with Crippen molar-refractivity contribution in [1.29, 1.82) is 0 Å². The van der Waals surface area contributed by atoms with Crippen molar-refractivity contribution >= 4 is 23.6 Å². The minimum absolute atomic E-state index is 0.0710. The number of likely N-dealkylation sites (tertiary alicyclic amines) is 2. The third kappa shape index (κ3) is 3.38. The van der Waals surface area contributed by atoms with Crippen LogP contribution in [0, 0.1) is 12.3 Å². The Morgan fingerprint density at radius 1 is 1.12 bits per heavy atom. The van der Waals surface area contributed by atoms with Crippen LogP contribution in [0.3, 0.4) is 0 Å². The fourth-order valence-corrected chi connectivity index (χ4v) is 3.60. The SMILES string of the molecule is Cc1cccc(C(=O)N2CCCC2)c1NC(=O)N1CCC(C)(C(=O)O)C1. The number of carbonyl (C=O) groups excluding carboxylic acids is 2. The Labute approximate surface area is 153 Å². The van der Waals surface area contributed by atoms with Gasteiger partial charge in [-0.15, -0.1) is 0 Å². The lowest BCUT2D eigenvalue weighted by atomic mass is 9.90. The monoisotopic (exact) mass is 359 g/mol. The topological polar surface area (TPSA) is 90.0 Å². The molecule has 140 valence electrons. The van der Waals surface area contributed by atoms with Gasteiger partial charge in [0.2, 0.25) is 0 Å². The number of aryl methyl sites for hydroxylation is 1. The lowest BCUT2D eigenvalue weighted by Gasteiger charge is -2.23. The molecule has 2 aliphatic rings. The zero-order valence-corrected chi connectivity index (χ0v) is 15.2. The van der Waals surface area contributed by atoms with Crippen LogP contribution in [0.25, 0.3) is 0 Å². The molecule has 0 bridgehead atoms. The first-order chi connectivity index (χ1) is 12.3. The van der Waals surface area contributed by atoms with E-state index in [1.165, 1.54) is 4.90 Å². The molecular formula is C19H25N3O4. The lowest BCUT2D eigenvalue weighted by Crippen LogP contribution is -2.38. The molecule has 1 atom stereocenters. The van der Waals surface area contributed by atoms with Gasteiger partial charge >= 0.3 is 12.0 Å². The molecule has 1 aromatic rings. The van der Waals surface area contributed by atoms with Crippen LogP contribution >= 0.6 is 0 Å². The molecule has 2 saturated heterocycles. The lowest BCUT2D eigenvalue weighted by molar-refractivity contribution is -0.146. The number of carboxylic acid groups (broad SMARTS) is 1. The van der Waals surface area contributed by atoms with Crippen LogP contribution in [0.5, 0.6) is 0 Å². The molecule has 2 aliphatic heterocycles. The number of nitrogens with zero attached hydrogens (tertiary/aromatic N) is 2. The zero-order valence-electron chi connectivity index (χ0n) is 15.2. The average Bonchev–Trinajstić information content (AvgIpc) is 3.26. The first kappa shape index (κ1) is 18.2. The van der Waals surface area contributed by atoms with E-state index >= 15 is 0 Å². The van der Waals surface area contributed by atoms with E-state index < -0.39 is 11.4 Å². The van der Waals surface area contributed by atoms with Crippen LogP contribution in [0.1, 0.15) is 42.1 Å². The number of urea groups is 1. The Bertz CT molecular complexity index is 742. The van der Waals surface area contributed by atoms with Gasteiger partial charge in [0.25, 0.3) is 5.91 Å². The van der Waals surface area contributed by atoms with Gasteiger partial charge in [-0.25, -0.2) is 4.79 Å².